The maximum Gasteiger partial charge on any atom is 0.273 e. The van der Waals surface area contributed by atoms with E-state index in [1.807, 2.05) is 0 Å². The highest BCUT2D eigenvalue weighted by atomic mass is 79.9. The number of hydrogen-bond donors (Lipinski definition) is 2. The molecule has 0 aliphatic carbocycles. The molecule has 1 aromatic rings. The summed E-state index contributed by atoms with van der Waals surface area (Å²) < 4.78 is 0.711. The van der Waals surface area contributed by atoms with E-state index in [0.717, 1.165) is 25.1 Å². The van der Waals surface area contributed by atoms with E-state index in [9.17, 15) is 10.1 Å². The Morgan fingerprint density at radius 2 is 2.18 bits per heavy atom. The largest absolute Gasteiger partial charge is 0.384 e. The van der Waals surface area contributed by atoms with Gasteiger partial charge in [0, 0.05) is 28.3 Å². The Kier molecular flexibility index (Phi) is 5.37. The lowest BCUT2D eigenvalue weighted by Gasteiger charge is -2.09. The standard InChI is InChI=1S/C11H16BrN3O2/c1-8-6-10(14-5-3-2-4-13)9(12)7-11(8)15(16)17/h6-7,14H,2-5,13H2,1H3. The van der Waals surface area contributed by atoms with Gasteiger partial charge in [-0.15, -0.1) is 0 Å². The van der Waals surface area contributed by atoms with Crippen LogP contribution in [0.25, 0.3) is 0 Å². The van der Waals surface area contributed by atoms with E-state index in [-0.39, 0.29) is 10.6 Å². The molecule has 94 valence electrons. The van der Waals surface area contributed by atoms with E-state index in [0.29, 0.717) is 16.6 Å². The Bertz CT molecular complexity index is 410. The van der Waals surface area contributed by atoms with E-state index < -0.39 is 0 Å². The number of benzene rings is 1. The number of anilines is 1. The minimum atomic E-state index is -0.377. The molecule has 0 bridgehead atoms. The number of hydrogen-bond acceptors (Lipinski definition) is 4. The maximum absolute atomic E-state index is 10.7. The molecule has 0 unspecified atom stereocenters. The van der Waals surface area contributed by atoms with Gasteiger partial charge in [-0.3, -0.25) is 10.1 Å². The van der Waals surface area contributed by atoms with Crippen LogP contribution in [0.1, 0.15) is 18.4 Å². The van der Waals surface area contributed by atoms with Crippen molar-refractivity contribution in [2.75, 3.05) is 18.4 Å². The summed E-state index contributed by atoms with van der Waals surface area (Å²) >= 11 is 3.33. The van der Waals surface area contributed by atoms with Crippen LogP contribution in [0.4, 0.5) is 11.4 Å². The number of nitrogens with zero attached hydrogens (tertiary/aromatic N) is 1. The van der Waals surface area contributed by atoms with Crippen molar-refractivity contribution in [3.63, 3.8) is 0 Å². The van der Waals surface area contributed by atoms with Gasteiger partial charge < -0.3 is 11.1 Å². The number of nitro benzene ring substituents is 1. The van der Waals surface area contributed by atoms with Crippen LogP contribution in [0.15, 0.2) is 16.6 Å². The first-order valence-electron chi connectivity index (χ1n) is 5.44. The van der Waals surface area contributed by atoms with Gasteiger partial charge in [-0.05, 0) is 48.3 Å². The molecule has 0 aliphatic heterocycles. The second-order valence-electron chi connectivity index (χ2n) is 3.80. The summed E-state index contributed by atoms with van der Waals surface area (Å²) in [6, 6.07) is 3.31. The number of rotatable bonds is 6. The number of nitrogens with one attached hydrogen (secondary N) is 1. The Morgan fingerprint density at radius 3 is 2.76 bits per heavy atom. The smallest absolute Gasteiger partial charge is 0.273 e. The van der Waals surface area contributed by atoms with Crippen LogP contribution in [0, 0.1) is 17.0 Å². The van der Waals surface area contributed by atoms with Crippen LogP contribution < -0.4 is 11.1 Å². The average molecular weight is 302 g/mol. The first-order chi connectivity index (χ1) is 8.06. The second kappa shape index (κ2) is 6.56. The Morgan fingerprint density at radius 1 is 1.47 bits per heavy atom. The third kappa shape index (κ3) is 3.98. The van der Waals surface area contributed by atoms with Crippen molar-refractivity contribution >= 4 is 27.3 Å². The quantitative estimate of drug-likeness (QED) is 0.481. The number of halogens is 1. The van der Waals surface area contributed by atoms with Gasteiger partial charge in [0.15, 0.2) is 0 Å². The monoisotopic (exact) mass is 301 g/mol. The molecular weight excluding hydrogens is 286 g/mol. The fraction of sp³-hybridized carbons (Fsp3) is 0.455. The fourth-order valence-electron chi connectivity index (χ4n) is 1.50. The minimum absolute atomic E-state index is 0.129. The number of nitro groups is 1. The predicted molar refractivity (Wildman–Crippen MR) is 72.3 cm³/mol. The summed E-state index contributed by atoms with van der Waals surface area (Å²) in [6.07, 6.45) is 1.95. The summed E-state index contributed by atoms with van der Waals surface area (Å²) in [5, 5.41) is 14.0. The van der Waals surface area contributed by atoms with Crippen LogP contribution in [0.5, 0.6) is 0 Å². The molecule has 0 fully saturated rings. The van der Waals surface area contributed by atoms with Gasteiger partial charge in [0.05, 0.1) is 4.92 Å². The molecule has 0 saturated heterocycles. The third-order valence-electron chi connectivity index (χ3n) is 2.43. The van der Waals surface area contributed by atoms with Crippen LogP contribution in [0.3, 0.4) is 0 Å². The highest BCUT2D eigenvalue weighted by Crippen LogP contribution is 2.30. The van der Waals surface area contributed by atoms with E-state index in [2.05, 4.69) is 21.2 Å². The molecule has 0 aliphatic rings. The molecule has 0 radical (unpaired) electrons. The van der Waals surface area contributed by atoms with Crippen molar-refractivity contribution in [1.82, 2.24) is 0 Å². The maximum atomic E-state index is 10.7. The molecule has 0 atom stereocenters. The van der Waals surface area contributed by atoms with Crippen molar-refractivity contribution in [3.05, 3.63) is 32.3 Å². The molecule has 0 amide bonds. The molecule has 3 N–H and O–H groups in total. The fourth-order valence-corrected chi connectivity index (χ4v) is 1.97. The van der Waals surface area contributed by atoms with Crippen LogP contribution in [-0.2, 0) is 0 Å². The number of aryl methyl sites for hydroxylation is 1. The molecule has 1 rings (SSSR count). The lowest BCUT2D eigenvalue weighted by atomic mass is 10.2. The van der Waals surface area contributed by atoms with Gasteiger partial charge in [-0.25, -0.2) is 0 Å². The SMILES string of the molecule is Cc1cc(NCCCCN)c(Br)cc1[N+](=O)[O-]. The summed E-state index contributed by atoms with van der Waals surface area (Å²) in [5.41, 5.74) is 7.06. The molecule has 1 aromatic carbocycles. The van der Waals surface area contributed by atoms with Crippen molar-refractivity contribution in [2.45, 2.75) is 19.8 Å². The summed E-state index contributed by atoms with van der Waals surface area (Å²) in [6.45, 7) is 3.23. The van der Waals surface area contributed by atoms with E-state index in [1.165, 1.54) is 6.07 Å². The van der Waals surface area contributed by atoms with Gasteiger partial charge in [0.1, 0.15) is 0 Å². The molecule has 17 heavy (non-hydrogen) atoms. The van der Waals surface area contributed by atoms with Crippen LogP contribution in [0.2, 0.25) is 0 Å². The van der Waals surface area contributed by atoms with E-state index in [1.54, 1.807) is 13.0 Å². The number of unbranched alkanes of at least 4 members (excludes halogenated alkanes) is 1. The zero-order valence-electron chi connectivity index (χ0n) is 9.70. The van der Waals surface area contributed by atoms with Gasteiger partial charge in [-0.1, -0.05) is 0 Å². The van der Waals surface area contributed by atoms with Crippen molar-refractivity contribution in [3.8, 4) is 0 Å². The molecule has 6 heteroatoms. The van der Waals surface area contributed by atoms with Gasteiger partial charge in [0.2, 0.25) is 0 Å². The molecule has 5 nitrogen and oxygen atoms in total. The summed E-state index contributed by atoms with van der Waals surface area (Å²) in [5.74, 6) is 0. The average Bonchev–Trinajstić information content (AvgIpc) is 2.28. The third-order valence-corrected chi connectivity index (χ3v) is 3.08. The molecule has 0 heterocycles. The minimum Gasteiger partial charge on any atom is -0.384 e. The molecule has 0 aromatic heterocycles. The first kappa shape index (κ1) is 13.9. The zero-order valence-corrected chi connectivity index (χ0v) is 11.3. The molecular formula is C11H16BrN3O2. The van der Waals surface area contributed by atoms with Gasteiger partial charge in [-0.2, -0.15) is 0 Å². The normalized spacial score (nSPS) is 10.3. The lowest BCUT2D eigenvalue weighted by Crippen LogP contribution is -2.06. The molecule has 0 spiro atoms. The predicted octanol–water partition coefficient (Wildman–Crippen LogP) is 2.82. The highest BCUT2D eigenvalue weighted by molar-refractivity contribution is 9.10. The topological polar surface area (TPSA) is 81.2 Å². The Hall–Kier alpha value is -1.14. The van der Waals surface area contributed by atoms with Crippen molar-refractivity contribution in [1.29, 1.82) is 0 Å². The highest BCUT2D eigenvalue weighted by Gasteiger charge is 2.13. The zero-order chi connectivity index (χ0) is 12.8. The molecule has 0 saturated carbocycles. The summed E-state index contributed by atoms with van der Waals surface area (Å²) in [7, 11) is 0. The Labute approximate surface area is 109 Å². The van der Waals surface area contributed by atoms with Gasteiger partial charge in [0.25, 0.3) is 5.69 Å². The second-order valence-corrected chi connectivity index (χ2v) is 4.65. The van der Waals surface area contributed by atoms with Crippen molar-refractivity contribution in [2.24, 2.45) is 5.73 Å². The number of nitrogens with two attached hydrogens (primary N) is 1. The van der Waals surface area contributed by atoms with Crippen LogP contribution >= 0.6 is 15.9 Å². The lowest BCUT2D eigenvalue weighted by molar-refractivity contribution is -0.385. The summed E-state index contributed by atoms with van der Waals surface area (Å²) in [4.78, 5) is 10.4. The van der Waals surface area contributed by atoms with Gasteiger partial charge >= 0.3 is 0 Å². The van der Waals surface area contributed by atoms with Crippen molar-refractivity contribution < 1.29 is 4.92 Å². The Balaban J connectivity index is 2.74. The van der Waals surface area contributed by atoms with Crippen LogP contribution in [-0.4, -0.2) is 18.0 Å². The first-order valence-corrected chi connectivity index (χ1v) is 6.24. The van der Waals surface area contributed by atoms with E-state index >= 15 is 0 Å². The van der Waals surface area contributed by atoms with E-state index in [4.69, 9.17) is 5.73 Å².